The van der Waals surface area contributed by atoms with Crippen molar-refractivity contribution in [2.24, 2.45) is 0 Å². The molecule has 1 atom stereocenters. The van der Waals surface area contributed by atoms with Gasteiger partial charge in [-0.1, -0.05) is 6.07 Å². The maximum Gasteiger partial charge on any atom is 0.219 e. The Balaban J connectivity index is 1.51. The molecule has 1 aromatic carbocycles. The van der Waals surface area contributed by atoms with Gasteiger partial charge >= 0.3 is 0 Å². The van der Waals surface area contributed by atoms with E-state index in [4.69, 9.17) is 14.7 Å². The molecule has 1 N–H and O–H groups in total. The molecule has 2 aromatic heterocycles. The molecule has 35 heavy (non-hydrogen) atoms. The Morgan fingerprint density at radius 2 is 1.97 bits per heavy atom. The SMILES string of the molecule is CC(=O)N1CCCC(c2nc(Nc3cccc(F)c3)cc(-c3cncc(N4CCOCC4)c3)n2)C1. The van der Waals surface area contributed by atoms with Crippen LogP contribution in [-0.2, 0) is 9.53 Å². The van der Waals surface area contributed by atoms with Gasteiger partial charge in [0.05, 0.1) is 30.8 Å². The first kappa shape index (κ1) is 23.2. The van der Waals surface area contributed by atoms with Crippen molar-refractivity contribution in [3.63, 3.8) is 0 Å². The second-order valence-corrected chi connectivity index (χ2v) is 8.97. The number of pyridine rings is 1. The summed E-state index contributed by atoms with van der Waals surface area (Å²) < 4.78 is 19.3. The second kappa shape index (κ2) is 10.4. The van der Waals surface area contributed by atoms with Gasteiger partial charge < -0.3 is 19.9 Å². The highest BCUT2D eigenvalue weighted by Gasteiger charge is 2.26. The summed E-state index contributed by atoms with van der Waals surface area (Å²) in [5.74, 6) is 1.01. The lowest BCUT2D eigenvalue weighted by atomic mass is 9.97. The molecule has 0 radical (unpaired) electrons. The molecule has 9 heteroatoms. The lowest BCUT2D eigenvalue weighted by Crippen LogP contribution is -2.38. The molecule has 1 amide bonds. The number of aromatic nitrogens is 3. The normalized spacial score (nSPS) is 18.4. The average Bonchev–Trinajstić information content (AvgIpc) is 2.89. The third kappa shape index (κ3) is 5.57. The standard InChI is InChI=1S/C26H29FN6O2/c1-18(34)33-7-3-4-19(17-33)26-30-24(14-25(31-26)29-22-6-2-5-21(27)13-22)20-12-23(16-28-15-20)32-8-10-35-11-9-32/h2,5-6,12-16,19H,3-4,7-11,17H2,1H3,(H,29,30,31). The van der Waals surface area contributed by atoms with E-state index in [0.29, 0.717) is 37.1 Å². The summed E-state index contributed by atoms with van der Waals surface area (Å²) >= 11 is 0. The van der Waals surface area contributed by atoms with E-state index < -0.39 is 0 Å². The molecular weight excluding hydrogens is 447 g/mol. The number of halogens is 1. The molecule has 0 spiro atoms. The zero-order valence-corrected chi connectivity index (χ0v) is 19.8. The van der Waals surface area contributed by atoms with Crippen molar-refractivity contribution in [3.05, 3.63) is 60.4 Å². The zero-order chi connectivity index (χ0) is 24.2. The van der Waals surface area contributed by atoms with Gasteiger partial charge in [-0.05, 0) is 37.1 Å². The summed E-state index contributed by atoms with van der Waals surface area (Å²) in [7, 11) is 0. The predicted octanol–water partition coefficient (Wildman–Crippen LogP) is 3.98. The highest BCUT2D eigenvalue weighted by molar-refractivity contribution is 5.73. The Kier molecular flexibility index (Phi) is 6.85. The fourth-order valence-electron chi connectivity index (χ4n) is 4.61. The van der Waals surface area contributed by atoms with Gasteiger partial charge in [0.25, 0.3) is 0 Å². The summed E-state index contributed by atoms with van der Waals surface area (Å²) in [6, 6.07) is 10.2. The second-order valence-electron chi connectivity index (χ2n) is 8.97. The van der Waals surface area contributed by atoms with Gasteiger partial charge in [0.15, 0.2) is 0 Å². The molecule has 3 aromatic rings. The number of likely N-dealkylation sites (tertiary alicyclic amines) is 1. The number of anilines is 3. The number of carbonyl (C=O) groups excluding carboxylic acids is 1. The summed E-state index contributed by atoms with van der Waals surface area (Å²) in [6.07, 6.45) is 5.46. The van der Waals surface area contributed by atoms with E-state index in [2.05, 4.69) is 21.3 Å². The van der Waals surface area contributed by atoms with Crippen LogP contribution < -0.4 is 10.2 Å². The molecule has 0 saturated carbocycles. The number of nitrogens with one attached hydrogen (secondary N) is 1. The maximum atomic E-state index is 13.8. The van der Waals surface area contributed by atoms with Crippen LogP contribution in [0.4, 0.5) is 21.6 Å². The van der Waals surface area contributed by atoms with Crippen molar-refractivity contribution >= 4 is 23.1 Å². The number of hydrogen-bond donors (Lipinski definition) is 1. The van der Waals surface area contributed by atoms with Gasteiger partial charge in [-0.2, -0.15) is 0 Å². The number of benzene rings is 1. The molecule has 2 saturated heterocycles. The van der Waals surface area contributed by atoms with E-state index in [1.54, 1.807) is 25.3 Å². The molecule has 8 nitrogen and oxygen atoms in total. The first-order chi connectivity index (χ1) is 17.0. The van der Waals surface area contributed by atoms with Crippen LogP contribution in [0, 0.1) is 5.82 Å². The lowest BCUT2D eigenvalue weighted by molar-refractivity contribution is -0.130. The number of amides is 1. The summed E-state index contributed by atoms with van der Waals surface area (Å²) in [5, 5.41) is 3.23. The molecular formula is C26H29FN6O2. The van der Waals surface area contributed by atoms with Crippen molar-refractivity contribution in [1.29, 1.82) is 0 Å². The topological polar surface area (TPSA) is 83.5 Å². The minimum atomic E-state index is -0.323. The van der Waals surface area contributed by atoms with Crippen LogP contribution in [0.1, 0.15) is 31.5 Å². The maximum absolute atomic E-state index is 13.8. The monoisotopic (exact) mass is 476 g/mol. The number of hydrogen-bond acceptors (Lipinski definition) is 7. The van der Waals surface area contributed by atoms with E-state index in [0.717, 1.165) is 49.4 Å². The van der Waals surface area contributed by atoms with E-state index in [9.17, 15) is 9.18 Å². The number of ether oxygens (including phenoxy) is 1. The van der Waals surface area contributed by atoms with Crippen LogP contribution in [0.15, 0.2) is 48.8 Å². The van der Waals surface area contributed by atoms with Gasteiger partial charge in [0, 0.05) is 62.5 Å². The van der Waals surface area contributed by atoms with Crippen molar-refractivity contribution in [3.8, 4) is 11.3 Å². The molecule has 182 valence electrons. The van der Waals surface area contributed by atoms with Gasteiger partial charge in [-0.15, -0.1) is 0 Å². The molecule has 0 aliphatic carbocycles. The molecule has 1 unspecified atom stereocenters. The summed E-state index contributed by atoms with van der Waals surface area (Å²) in [4.78, 5) is 30.3. The first-order valence-corrected chi connectivity index (χ1v) is 12.0. The first-order valence-electron chi connectivity index (χ1n) is 12.0. The molecule has 2 aliphatic rings. The highest BCUT2D eigenvalue weighted by atomic mass is 19.1. The highest BCUT2D eigenvalue weighted by Crippen LogP contribution is 2.30. The van der Waals surface area contributed by atoms with Crippen molar-refractivity contribution in [2.45, 2.75) is 25.7 Å². The molecule has 5 rings (SSSR count). The van der Waals surface area contributed by atoms with Crippen LogP contribution in [0.2, 0.25) is 0 Å². The van der Waals surface area contributed by atoms with Crippen LogP contribution in [-0.4, -0.2) is 65.2 Å². The average molecular weight is 477 g/mol. The van der Waals surface area contributed by atoms with Gasteiger partial charge in [-0.25, -0.2) is 14.4 Å². The lowest BCUT2D eigenvalue weighted by Gasteiger charge is -2.31. The van der Waals surface area contributed by atoms with Crippen LogP contribution in [0.3, 0.4) is 0 Å². The predicted molar refractivity (Wildman–Crippen MR) is 132 cm³/mol. The summed E-state index contributed by atoms with van der Waals surface area (Å²) in [6.45, 7) is 5.95. The molecule has 2 fully saturated rings. The van der Waals surface area contributed by atoms with E-state index in [1.807, 2.05) is 17.2 Å². The van der Waals surface area contributed by atoms with Crippen molar-refractivity contribution in [1.82, 2.24) is 19.9 Å². The molecule has 4 heterocycles. The Bertz CT molecular complexity index is 1200. The fraction of sp³-hybridized carbons (Fsp3) is 0.385. The number of carbonyl (C=O) groups is 1. The van der Waals surface area contributed by atoms with Crippen LogP contribution >= 0.6 is 0 Å². The number of nitrogens with zero attached hydrogens (tertiary/aromatic N) is 5. The van der Waals surface area contributed by atoms with Crippen molar-refractivity contribution < 1.29 is 13.9 Å². The minimum absolute atomic E-state index is 0.0241. The molecule has 0 bridgehead atoms. The van der Waals surface area contributed by atoms with Gasteiger partial charge in [-0.3, -0.25) is 9.78 Å². The van der Waals surface area contributed by atoms with E-state index in [1.165, 1.54) is 12.1 Å². The largest absolute Gasteiger partial charge is 0.378 e. The van der Waals surface area contributed by atoms with Crippen LogP contribution in [0.25, 0.3) is 11.3 Å². The third-order valence-electron chi connectivity index (χ3n) is 6.47. The number of morpholine rings is 1. The van der Waals surface area contributed by atoms with Gasteiger partial charge in [0.2, 0.25) is 5.91 Å². The third-order valence-corrected chi connectivity index (χ3v) is 6.47. The Labute approximate surface area is 204 Å². The quantitative estimate of drug-likeness (QED) is 0.596. The molecule has 2 aliphatic heterocycles. The Morgan fingerprint density at radius 1 is 1.11 bits per heavy atom. The fourth-order valence-corrected chi connectivity index (χ4v) is 4.61. The number of rotatable bonds is 5. The van der Waals surface area contributed by atoms with Gasteiger partial charge in [0.1, 0.15) is 17.5 Å². The zero-order valence-electron chi connectivity index (χ0n) is 19.8. The van der Waals surface area contributed by atoms with E-state index in [-0.39, 0.29) is 17.6 Å². The Hall–Kier alpha value is -3.59. The Morgan fingerprint density at radius 3 is 2.77 bits per heavy atom. The summed E-state index contributed by atoms with van der Waals surface area (Å²) in [5.41, 5.74) is 3.23. The number of piperidine rings is 1. The minimum Gasteiger partial charge on any atom is -0.378 e. The van der Waals surface area contributed by atoms with Crippen molar-refractivity contribution in [2.75, 3.05) is 49.6 Å². The van der Waals surface area contributed by atoms with Crippen LogP contribution in [0.5, 0.6) is 0 Å². The van der Waals surface area contributed by atoms with E-state index >= 15 is 0 Å². The smallest absolute Gasteiger partial charge is 0.219 e.